The first-order valence-corrected chi connectivity index (χ1v) is 6.80. The van der Waals surface area contributed by atoms with Crippen molar-refractivity contribution < 1.29 is 9.53 Å². The molecule has 1 rings (SSSR count). The van der Waals surface area contributed by atoms with Gasteiger partial charge in [0.25, 0.3) is 0 Å². The van der Waals surface area contributed by atoms with Crippen LogP contribution in [0.3, 0.4) is 0 Å². The SMILES string of the molecule is CCOC(=O)C(CCN1CCCC1CC)NC. The fraction of sp³-hybridized carbons (Fsp3) is 0.923. The average molecular weight is 242 g/mol. The lowest BCUT2D eigenvalue weighted by Crippen LogP contribution is -2.40. The molecule has 1 fully saturated rings. The van der Waals surface area contributed by atoms with E-state index < -0.39 is 0 Å². The second-order valence-electron chi connectivity index (χ2n) is 4.62. The van der Waals surface area contributed by atoms with Crippen molar-refractivity contribution in [3.63, 3.8) is 0 Å². The van der Waals surface area contributed by atoms with Crippen LogP contribution in [0.4, 0.5) is 0 Å². The van der Waals surface area contributed by atoms with E-state index in [0.29, 0.717) is 6.61 Å². The number of carbonyl (C=O) groups excluding carboxylic acids is 1. The van der Waals surface area contributed by atoms with Crippen molar-refractivity contribution in [2.24, 2.45) is 0 Å². The Morgan fingerprint density at radius 2 is 2.29 bits per heavy atom. The molecule has 4 nitrogen and oxygen atoms in total. The molecule has 0 spiro atoms. The van der Waals surface area contributed by atoms with Gasteiger partial charge in [-0.3, -0.25) is 4.79 Å². The average Bonchev–Trinajstić information content (AvgIpc) is 2.77. The quantitative estimate of drug-likeness (QED) is 0.685. The highest BCUT2D eigenvalue weighted by Gasteiger charge is 2.25. The normalized spacial score (nSPS) is 22.6. The van der Waals surface area contributed by atoms with Gasteiger partial charge in [0.1, 0.15) is 6.04 Å². The Hall–Kier alpha value is -0.610. The second-order valence-corrected chi connectivity index (χ2v) is 4.62. The van der Waals surface area contributed by atoms with E-state index in [0.717, 1.165) is 19.0 Å². The Morgan fingerprint density at radius 1 is 1.53 bits per heavy atom. The van der Waals surface area contributed by atoms with Crippen LogP contribution in [0.25, 0.3) is 0 Å². The number of rotatable bonds is 7. The molecule has 1 N–H and O–H groups in total. The lowest BCUT2D eigenvalue weighted by Gasteiger charge is -2.25. The van der Waals surface area contributed by atoms with Gasteiger partial charge in [0.15, 0.2) is 0 Å². The zero-order valence-corrected chi connectivity index (χ0v) is 11.4. The van der Waals surface area contributed by atoms with Gasteiger partial charge in [-0.2, -0.15) is 0 Å². The van der Waals surface area contributed by atoms with Gasteiger partial charge < -0.3 is 15.0 Å². The standard InChI is InChI=1S/C13H26N2O2/c1-4-11-7-6-9-15(11)10-8-12(14-3)13(16)17-5-2/h11-12,14H,4-10H2,1-3H3. The Balaban J connectivity index is 2.34. The van der Waals surface area contributed by atoms with Crippen molar-refractivity contribution in [2.75, 3.05) is 26.7 Å². The lowest BCUT2D eigenvalue weighted by molar-refractivity contribution is -0.145. The third-order valence-corrected chi connectivity index (χ3v) is 3.59. The van der Waals surface area contributed by atoms with Crippen LogP contribution in [0.15, 0.2) is 0 Å². The lowest BCUT2D eigenvalue weighted by atomic mass is 10.1. The summed E-state index contributed by atoms with van der Waals surface area (Å²) in [6, 6.07) is 0.558. The van der Waals surface area contributed by atoms with Gasteiger partial charge in [0, 0.05) is 12.6 Å². The fourth-order valence-corrected chi connectivity index (χ4v) is 2.57. The van der Waals surface area contributed by atoms with Gasteiger partial charge >= 0.3 is 5.97 Å². The molecule has 100 valence electrons. The molecule has 0 aromatic rings. The number of likely N-dealkylation sites (tertiary alicyclic amines) is 1. The highest BCUT2D eigenvalue weighted by Crippen LogP contribution is 2.20. The van der Waals surface area contributed by atoms with Crippen LogP contribution in [-0.4, -0.2) is 49.7 Å². The molecule has 0 radical (unpaired) electrons. The first kappa shape index (κ1) is 14.5. The van der Waals surface area contributed by atoms with Crippen molar-refractivity contribution in [1.82, 2.24) is 10.2 Å². The molecule has 1 aliphatic rings. The van der Waals surface area contributed by atoms with E-state index in [1.165, 1.54) is 25.8 Å². The minimum Gasteiger partial charge on any atom is -0.465 e. The molecular formula is C13H26N2O2. The van der Waals surface area contributed by atoms with E-state index in [1.807, 2.05) is 14.0 Å². The van der Waals surface area contributed by atoms with Crippen LogP contribution in [0.2, 0.25) is 0 Å². The van der Waals surface area contributed by atoms with E-state index in [1.54, 1.807) is 0 Å². The van der Waals surface area contributed by atoms with E-state index in [4.69, 9.17) is 4.74 Å². The van der Waals surface area contributed by atoms with Crippen LogP contribution in [0.5, 0.6) is 0 Å². The molecule has 0 bridgehead atoms. The monoisotopic (exact) mass is 242 g/mol. The molecule has 0 aromatic heterocycles. The van der Waals surface area contributed by atoms with E-state index >= 15 is 0 Å². The van der Waals surface area contributed by atoms with Gasteiger partial charge in [-0.1, -0.05) is 6.92 Å². The van der Waals surface area contributed by atoms with Gasteiger partial charge in [0.05, 0.1) is 6.61 Å². The van der Waals surface area contributed by atoms with Crippen LogP contribution < -0.4 is 5.32 Å². The van der Waals surface area contributed by atoms with Crippen LogP contribution in [0.1, 0.15) is 39.5 Å². The predicted molar refractivity (Wildman–Crippen MR) is 69.0 cm³/mol. The summed E-state index contributed by atoms with van der Waals surface area (Å²) in [7, 11) is 1.82. The Kier molecular flexibility index (Phi) is 6.52. The highest BCUT2D eigenvalue weighted by molar-refractivity contribution is 5.75. The van der Waals surface area contributed by atoms with Crippen LogP contribution >= 0.6 is 0 Å². The third kappa shape index (κ3) is 4.28. The van der Waals surface area contributed by atoms with Gasteiger partial charge in [-0.05, 0) is 46.2 Å². The van der Waals surface area contributed by atoms with Crippen molar-refractivity contribution >= 4 is 5.97 Å². The maximum Gasteiger partial charge on any atom is 0.323 e. The fourth-order valence-electron chi connectivity index (χ4n) is 2.57. The number of nitrogens with zero attached hydrogens (tertiary/aromatic N) is 1. The zero-order chi connectivity index (χ0) is 12.7. The molecular weight excluding hydrogens is 216 g/mol. The highest BCUT2D eigenvalue weighted by atomic mass is 16.5. The van der Waals surface area contributed by atoms with E-state index in [2.05, 4.69) is 17.1 Å². The minimum atomic E-state index is -0.159. The number of hydrogen-bond donors (Lipinski definition) is 1. The summed E-state index contributed by atoms with van der Waals surface area (Å²) in [5, 5.41) is 3.04. The summed E-state index contributed by atoms with van der Waals surface area (Å²) < 4.78 is 5.04. The first-order valence-electron chi connectivity index (χ1n) is 6.80. The smallest absolute Gasteiger partial charge is 0.323 e. The molecule has 0 amide bonds. The summed E-state index contributed by atoms with van der Waals surface area (Å²) in [4.78, 5) is 14.1. The number of carbonyl (C=O) groups is 1. The van der Waals surface area contributed by atoms with Crippen molar-refractivity contribution in [3.8, 4) is 0 Å². The molecule has 1 heterocycles. The van der Waals surface area contributed by atoms with Gasteiger partial charge in [0.2, 0.25) is 0 Å². The maximum atomic E-state index is 11.6. The number of nitrogens with one attached hydrogen (secondary N) is 1. The summed E-state index contributed by atoms with van der Waals surface area (Å²) in [6.45, 7) is 6.71. The van der Waals surface area contributed by atoms with Crippen molar-refractivity contribution in [2.45, 2.75) is 51.6 Å². The van der Waals surface area contributed by atoms with Gasteiger partial charge in [-0.15, -0.1) is 0 Å². The van der Waals surface area contributed by atoms with E-state index in [9.17, 15) is 4.79 Å². The minimum absolute atomic E-state index is 0.123. The van der Waals surface area contributed by atoms with E-state index in [-0.39, 0.29) is 12.0 Å². The summed E-state index contributed by atoms with van der Waals surface area (Å²) in [5.41, 5.74) is 0. The summed E-state index contributed by atoms with van der Waals surface area (Å²) in [6.07, 6.45) is 4.65. The Bertz CT molecular complexity index is 233. The first-order chi connectivity index (χ1) is 8.22. The molecule has 0 aliphatic carbocycles. The van der Waals surface area contributed by atoms with Crippen LogP contribution in [0, 0.1) is 0 Å². The number of hydrogen-bond acceptors (Lipinski definition) is 4. The molecule has 0 aromatic carbocycles. The third-order valence-electron chi connectivity index (χ3n) is 3.59. The molecule has 1 aliphatic heterocycles. The van der Waals surface area contributed by atoms with Crippen molar-refractivity contribution in [3.05, 3.63) is 0 Å². The van der Waals surface area contributed by atoms with Gasteiger partial charge in [-0.25, -0.2) is 0 Å². The molecule has 2 atom stereocenters. The zero-order valence-electron chi connectivity index (χ0n) is 11.4. The number of ether oxygens (including phenoxy) is 1. The Morgan fingerprint density at radius 3 is 2.88 bits per heavy atom. The number of esters is 1. The molecule has 0 saturated carbocycles. The number of likely N-dealkylation sites (N-methyl/N-ethyl adjacent to an activating group) is 1. The molecule has 17 heavy (non-hydrogen) atoms. The van der Waals surface area contributed by atoms with Crippen LogP contribution in [-0.2, 0) is 9.53 Å². The Labute approximate surface area is 105 Å². The summed E-state index contributed by atoms with van der Waals surface area (Å²) in [5.74, 6) is -0.123. The van der Waals surface area contributed by atoms with Crippen molar-refractivity contribution in [1.29, 1.82) is 0 Å². The topological polar surface area (TPSA) is 41.6 Å². The molecule has 4 heteroatoms. The molecule has 2 unspecified atom stereocenters. The summed E-state index contributed by atoms with van der Waals surface area (Å²) >= 11 is 0. The molecule has 1 saturated heterocycles. The predicted octanol–water partition coefficient (Wildman–Crippen LogP) is 1.40. The maximum absolute atomic E-state index is 11.6. The largest absolute Gasteiger partial charge is 0.465 e. The second kappa shape index (κ2) is 7.67.